The van der Waals surface area contributed by atoms with Crippen LogP contribution in [-0.4, -0.2) is 17.3 Å². The minimum Gasteiger partial charge on any atom is -0.299 e. The highest BCUT2D eigenvalue weighted by Gasteiger charge is 2.10. The molecule has 0 fully saturated rings. The molecule has 0 aliphatic heterocycles. The number of thioether (sulfide) groups is 1. The quantitative estimate of drug-likeness (QED) is 0.686. The van der Waals surface area contributed by atoms with Crippen molar-refractivity contribution in [2.45, 2.75) is 4.90 Å². The van der Waals surface area contributed by atoms with Gasteiger partial charge in [0.05, 0.1) is 15.2 Å². The first-order valence-corrected chi connectivity index (χ1v) is 8.73. The lowest BCUT2D eigenvalue weighted by Gasteiger charge is -2.01. The molecule has 2 N–H and O–H groups in total. The summed E-state index contributed by atoms with van der Waals surface area (Å²) < 4.78 is 1.07. The van der Waals surface area contributed by atoms with Gasteiger partial charge < -0.3 is 0 Å². The number of urea groups is 1. The average Bonchev–Trinajstić information content (AvgIpc) is 3.06. The van der Waals surface area contributed by atoms with E-state index in [-0.39, 0.29) is 6.03 Å². The molecule has 0 bridgehead atoms. The molecule has 7 heteroatoms. The predicted octanol–water partition coefficient (Wildman–Crippen LogP) is 4.72. The van der Waals surface area contributed by atoms with E-state index in [1.807, 2.05) is 42.0 Å². The number of hydrogen-bond acceptors (Lipinski definition) is 5. The van der Waals surface area contributed by atoms with E-state index >= 15 is 0 Å². The van der Waals surface area contributed by atoms with E-state index in [9.17, 15) is 4.79 Å². The van der Waals surface area contributed by atoms with Gasteiger partial charge in [-0.15, -0.1) is 23.1 Å². The van der Waals surface area contributed by atoms with E-state index < -0.39 is 0 Å². The maximum absolute atomic E-state index is 11.9. The van der Waals surface area contributed by atoms with Crippen molar-refractivity contribution in [1.29, 1.82) is 0 Å². The van der Waals surface area contributed by atoms with Gasteiger partial charge in [-0.25, -0.2) is 9.78 Å². The number of fused-ring (bicyclic) bond motifs is 1. The highest BCUT2D eigenvalue weighted by atomic mass is 32.2. The number of nitrogens with one attached hydrogen (secondary N) is 2. The minimum absolute atomic E-state index is 0.266. The molecule has 0 atom stereocenters. The number of nitrogens with zero attached hydrogens (tertiary/aromatic N) is 1. The number of amides is 2. The minimum atomic E-state index is -0.266. The van der Waals surface area contributed by atoms with Gasteiger partial charge in [-0.2, -0.15) is 0 Å². The summed E-state index contributed by atoms with van der Waals surface area (Å²) in [6, 6.07) is 9.52. The van der Waals surface area contributed by atoms with E-state index in [0.717, 1.165) is 20.1 Å². The first-order chi connectivity index (χ1) is 9.76. The van der Waals surface area contributed by atoms with Gasteiger partial charge in [-0.3, -0.25) is 10.6 Å². The van der Waals surface area contributed by atoms with Crippen LogP contribution < -0.4 is 10.6 Å². The van der Waals surface area contributed by atoms with Crippen LogP contribution >= 0.6 is 34.4 Å². The van der Waals surface area contributed by atoms with Crippen LogP contribution in [0.1, 0.15) is 0 Å². The standard InChI is InChI=1S/C13H11N3OS3/c1-18-8-4-2-5-9-11(8)15-13(20-9)16-12(17)14-10-6-3-7-19-10/h2-7H,1H3,(H2,14,15,16,17). The molecular formula is C13H11N3OS3. The van der Waals surface area contributed by atoms with Gasteiger partial charge in [0.1, 0.15) is 0 Å². The van der Waals surface area contributed by atoms with Crippen LogP contribution in [0.15, 0.2) is 40.6 Å². The van der Waals surface area contributed by atoms with Crippen LogP contribution in [0.3, 0.4) is 0 Å². The first kappa shape index (κ1) is 13.4. The molecule has 102 valence electrons. The maximum atomic E-state index is 11.9. The van der Waals surface area contributed by atoms with Crippen LogP contribution in [-0.2, 0) is 0 Å². The second-order valence-corrected chi connectivity index (χ2v) is 6.71. The van der Waals surface area contributed by atoms with Gasteiger partial charge in [0, 0.05) is 4.90 Å². The van der Waals surface area contributed by atoms with Crippen molar-refractivity contribution in [2.24, 2.45) is 0 Å². The summed E-state index contributed by atoms with van der Waals surface area (Å²) in [6.45, 7) is 0. The van der Waals surface area contributed by atoms with Crippen LogP contribution in [0.4, 0.5) is 14.9 Å². The summed E-state index contributed by atoms with van der Waals surface area (Å²) in [6.07, 6.45) is 2.02. The molecule has 1 aromatic carbocycles. The number of benzene rings is 1. The molecule has 0 saturated heterocycles. The van der Waals surface area contributed by atoms with Crippen molar-refractivity contribution in [2.75, 3.05) is 16.9 Å². The van der Waals surface area contributed by atoms with E-state index in [1.165, 1.54) is 22.7 Å². The number of thiophene rings is 1. The number of rotatable bonds is 3. The molecule has 0 aliphatic carbocycles. The molecule has 3 aromatic rings. The number of carbonyl (C=O) groups excluding carboxylic acids is 1. The highest BCUT2D eigenvalue weighted by Crippen LogP contribution is 2.32. The van der Waals surface area contributed by atoms with E-state index in [2.05, 4.69) is 15.6 Å². The van der Waals surface area contributed by atoms with Gasteiger partial charge in [-0.1, -0.05) is 17.4 Å². The third kappa shape index (κ3) is 2.79. The summed E-state index contributed by atoms with van der Waals surface area (Å²) in [7, 11) is 0. The normalized spacial score (nSPS) is 10.7. The zero-order valence-electron chi connectivity index (χ0n) is 10.5. The van der Waals surface area contributed by atoms with Gasteiger partial charge in [0.15, 0.2) is 5.13 Å². The zero-order chi connectivity index (χ0) is 13.9. The van der Waals surface area contributed by atoms with Crippen molar-refractivity contribution in [3.63, 3.8) is 0 Å². The zero-order valence-corrected chi connectivity index (χ0v) is 13.0. The first-order valence-electron chi connectivity index (χ1n) is 5.81. The second-order valence-electron chi connectivity index (χ2n) is 3.88. The fourth-order valence-electron chi connectivity index (χ4n) is 1.73. The monoisotopic (exact) mass is 321 g/mol. The molecule has 0 aliphatic rings. The predicted molar refractivity (Wildman–Crippen MR) is 88.4 cm³/mol. The second kappa shape index (κ2) is 5.82. The lowest BCUT2D eigenvalue weighted by molar-refractivity contribution is 0.262. The Bertz CT molecular complexity index is 736. The summed E-state index contributed by atoms with van der Waals surface area (Å²) in [5.74, 6) is 0. The Labute approximate surface area is 128 Å². The number of carbonyl (C=O) groups is 1. The summed E-state index contributed by atoms with van der Waals surface area (Å²) in [5, 5.41) is 8.88. The van der Waals surface area contributed by atoms with Gasteiger partial charge >= 0.3 is 6.03 Å². The Kier molecular flexibility index (Phi) is 3.90. The fourth-order valence-corrected chi connectivity index (χ4v) is 3.86. The molecule has 2 heterocycles. The number of hydrogen-bond donors (Lipinski definition) is 2. The Morgan fingerprint density at radius 3 is 2.90 bits per heavy atom. The third-order valence-corrected chi connectivity index (χ3v) is 5.07. The van der Waals surface area contributed by atoms with Gasteiger partial charge in [-0.05, 0) is 35.9 Å². The van der Waals surface area contributed by atoms with Crippen molar-refractivity contribution < 1.29 is 4.79 Å². The highest BCUT2D eigenvalue weighted by molar-refractivity contribution is 7.98. The van der Waals surface area contributed by atoms with Crippen molar-refractivity contribution in [3.05, 3.63) is 35.7 Å². The van der Waals surface area contributed by atoms with Gasteiger partial charge in [0.25, 0.3) is 0 Å². The lowest BCUT2D eigenvalue weighted by atomic mass is 10.3. The van der Waals surface area contributed by atoms with E-state index in [0.29, 0.717) is 5.13 Å². The smallest absolute Gasteiger partial charge is 0.299 e. The van der Waals surface area contributed by atoms with Gasteiger partial charge in [0.2, 0.25) is 0 Å². The summed E-state index contributed by atoms with van der Waals surface area (Å²) >= 11 is 4.61. The summed E-state index contributed by atoms with van der Waals surface area (Å²) in [5.41, 5.74) is 0.941. The Balaban J connectivity index is 1.79. The topological polar surface area (TPSA) is 54.0 Å². The molecule has 0 saturated carbocycles. The van der Waals surface area contributed by atoms with Crippen LogP contribution in [0.5, 0.6) is 0 Å². The molecule has 3 rings (SSSR count). The molecule has 2 aromatic heterocycles. The maximum Gasteiger partial charge on any atom is 0.326 e. The molecular weight excluding hydrogens is 310 g/mol. The molecule has 4 nitrogen and oxygen atoms in total. The van der Waals surface area contributed by atoms with E-state index in [1.54, 1.807) is 11.8 Å². The SMILES string of the molecule is CSc1cccc2sc(NC(=O)Nc3cccs3)nc12. The molecule has 2 amide bonds. The fraction of sp³-hybridized carbons (Fsp3) is 0.0769. The van der Waals surface area contributed by atoms with Crippen molar-refractivity contribution in [3.8, 4) is 0 Å². The largest absolute Gasteiger partial charge is 0.326 e. The Morgan fingerprint density at radius 2 is 2.15 bits per heavy atom. The Hall–Kier alpha value is -1.57. The van der Waals surface area contributed by atoms with Crippen LogP contribution in [0, 0.1) is 0 Å². The molecule has 20 heavy (non-hydrogen) atoms. The lowest BCUT2D eigenvalue weighted by Crippen LogP contribution is -2.18. The number of aromatic nitrogens is 1. The van der Waals surface area contributed by atoms with Crippen LogP contribution in [0.2, 0.25) is 0 Å². The Morgan fingerprint density at radius 1 is 1.25 bits per heavy atom. The summed E-state index contributed by atoms with van der Waals surface area (Å²) in [4.78, 5) is 17.5. The molecule has 0 radical (unpaired) electrons. The number of anilines is 2. The number of para-hydroxylation sites is 1. The van der Waals surface area contributed by atoms with Crippen LogP contribution in [0.25, 0.3) is 10.2 Å². The average molecular weight is 321 g/mol. The molecule has 0 spiro atoms. The van der Waals surface area contributed by atoms with Crippen molar-refractivity contribution in [1.82, 2.24) is 4.98 Å². The number of thiazole rings is 1. The van der Waals surface area contributed by atoms with E-state index in [4.69, 9.17) is 0 Å². The molecule has 0 unspecified atom stereocenters. The third-order valence-electron chi connectivity index (χ3n) is 2.58. The van der Waals surface area contributed by atoms with Crippen molar-refractivity contribution >= 4 is 60.8 Å².